The van der Waals surface area contributed by atoms with E-state index in [4.69, 9.17) is 0 Å². The first-order valence-electron chi connectivity index (χ1n) is 7.83. The molecule has 1 unspecified atom stereocenters. The molecule has 21 heavy (non-hydrogen) atoms. The number of nitrogens with zero attached hydrogens (tertiary/aromatic N) is 1. The zero-order valence-corrected chi connectivity index (χ0v) is 13.5. The highest BCUT2D eigenvalue weighted by Crippen LogP contribution is 2.25. The fraction of sp³-hybridized carbons (Fsp3) is 0.625. The average molecular weight is 308 g/mol. The molecule has 0 spiro atoms. The number of aryl methyl sites for hydroxylation is 2. The van der Waals surface area contributed by atoms with Gasteiger partial charge in [0.2, 0.25) is 10.0 Å². The van der Waals surface area contributed by atoms with Crippen molar-refractivity contribution in [3.05, 3.63) is 29.3 Å². The minimum absolute atomic E-state index is 0.404. The second-order valence-electron chi connectivity index (χ2n) is 6.35. The normalized spacial score (nSPS) is 23.0. The van der Waals surface area contributed by atoms with E-state index in [9.17, 15) is 8.42 Å². The van der Waals surface area contributed by atoms with Gasteiger partial charge in [0.25, 0.3) is 0 Å². The van der Waals surface area contributed by atoms with Crippen LogP contribution < -0.4 is 5.32 Å². The summed E-state index contributed by atoms with van der Waals surface area (Å²) >= 11 is 0. The number of sulfonamides is 1. The predicted molar refractivity (Wildman–Crippen MR) is 86.1 cm³/mol. The molecule has 1 aliphatic carbocycles. The molecular formula is C16H24N2O2S. The van der Waals surface area contributed by atoms with E-state index in [0.29, 0.717) is 19.0 Å². The molecule has 1 aliphatic heterocycles. The molecule has 1 heterocycles. The molecule has 0 radical (unpaired) electrons. The minimum atomic E-state index is -3.04. The third-order valence-corrected chi connectivity index (χ3v) is 5.91. The van der Waals surface area contributed by atoms with Crippen molar-refractivity contribution in [3.63, 3.8) is 0 Å². The number of piperidine rings is 1. The van der Waals surface area contributed by atoms with Gasteiger partial charge in [-0.15, -0.1) is 0 Å². The lowest BCUT2D eigenvalue weighted by Crippen LogP contribution is -2.41. The summed E-state index contributed by atoms with van der Waals surface area (Å²) in [7, 11) is -3.04. The lowest BCUT2D eigenvalue weighted by atomic mass is 9.99. The molecule has 2 aliphatic rings. The summed E-state index contributed by atoms with van der Waals surface area (Å²) < 4.78 is 24.9. The summed E-state index contributed by atoms with van der Waals surface area (Å²) in [6, 6.07) is 6.65. The highest BCUT2D eigenvalue weighted by Gasteiger charge is 2.25. The maximum Gasteiger partial charge on any atom is 0.211 e. The van der Waals surface area contributed by atoms with E-state index in [-0.39, 0.29) is 0 Å². The number of nitrogens with one attached hydrogen (secondary N) is 1. The van der Waals surface area contributed by atoms with Gasteiger partial charge in [-0.3, -0.25) is 0 Å². The molecule has 1 saturated heterocycles. The molecule has 1 fully saturated rings. The Morgan fingerprint density at radius 2 is 2.05 bits per heavy atom. The van der Waals surface area contributed by atoms with Crippen molar-refractivity contribution < 1.29 is 8.42 Å². The Labute approximate surface area is 127 Å². The van der Waals surface area contributed by atoms with Gasteiger partial charge in [0.15, 0.2) is 0 Å². The lowest BCUT2D eigenvalue weighted by molar-refractivity contribution is 0.277. The molecule has 1 atom stereocenters. The van der Waals surface area contributed by atoms with Crippen LogP contribution in [-0.2, 0) is 22.9 Å². The second kappa shape index (κ2) is 5.97. The van der Waals surface area contributed by atoms with Gasteiger partial charge in [0, 0.05) is 25.3 Å². The van der Waals surface area contributed by atoms with E-state index in [1.165, 1.54) is 42.3 Å². The van der Waals surface area contributed by atoms with Gasteiger partial charge in [-0.25, -0.2) is 12.7 Å². The molecule has 1 N–H and O–H groups in total. The highest BCUT2D eigenvalue weighted by atomic mass is 32.2. The lowest BCUT2D eigenvalue weighted by Gasteiger charge is -2.31. The average Bonchev–Trinajstić information content (AvgIpc) is 2.92. The summed E-state index contributed by atoms with van der Waals surface area (Å²) in [5.74, 6) is 0.404. The third-order valence-electron chi connectivity index (χ3n) is 4.64. The van der Waals surface area contributed by atoms with Crippen LogP contribution in [0.4, 0.5) is 5.69 Å². The van der Waals surface area contributed by atoms with E-state index in [0.717, 1.165) is 19.4 Å². The van der Waals surface area contributed by atoms with Gasteiger partial charge in [-0.05, 0) is 61.3 Å². The molecule has 4 nitrogen and oxygen atoms in total. The summed E-state index contributed by atoms with van der Waals surface area (Å²) in [6.07, 6.45) is 7.04. The first-order valence-corrected chi connectivity index (χ1v) is 9.68. The standard InChI is InChI=1S/C16H24N2O2S/c1-21(19,20)18-9-3-4-13(12-18)11-17-16-8-7-14-5-2-6-15(14)10-16/h7-8,10,13,17H,2-6,9,11-12H2,1H3. The van der Waals surface area contributed by atoms with Crippen LogP contribution in [0.2, 0.25) is 0 Å². The highest BCUT2D eigenvalue weighted by molar-refractivity contribution is 7.88. The van der Waals surface area contributed by atoms with Gasteiger partial charge < -0.3 is 5.32 Å². The van der Waals surface area contributed by atoms with Crippen LogP contribution in [0, 0.1) is 5.92 Å². The molecule has 1 aromatic rings. The Hall–Kier alpha value is -1.07. The molecule has 5 heteroatoms. The van der Waals surface area contributed by atoms with Crippen LogP contribution in [0.3, 0.4) is 0 Å². The SMILES string of the molecule is CS(=O)(=O)N1CCCC(CNc2ccc3c(c2)CCC3)C1. The Kier molecular flexibility index (Phi) is 4.22. The predicted octanol–water partition coefficient (Wildman–Crippen LogP) is 2.26. The summed E-state index contributed by atoms with van der Waals surface area (Å²) in [5.41, 5.74) is 4.13. The maximum absolute atomic E-state index is 11.6. The van der Waals surface area contributed by atoms with Crippen LogP contribution >= 0.6 is 0 Å². The van der Waals surface area contributed by atoms with Crippen LogP contribution in [0.1, 0.15) is 30.4 Å². The molecule has 116 valence electrons. The van der Waals surface area contributed by atoms with Crippen molar-refractivity contribution in [2.24, 2.45) is 5.92 Å². The number of hydrogen-bond acceptors (Lipinski definition) is 3. The van der Waals surface area contributed by atoms with Crippen LogP contribution in [-0.4, -0.2) is 38.6 Å². The molecular weight excluding hydrogens is 284 g/mol. The number of anilines is 1. The van der Waals surface area contributed by atoms with Crippen molar-refractivity contribution >= 4 is 15.7 Å². The first-order chi connectivity index (χ1) is 10.0. The largest absolute Gasteiger partial charge is 0.385 e. The van der Waals surface area contributed by atoms with Gasteiger partial charge in [-0.2, -0.15) is 0 Å². The Morgan fingerprint density at radius 1 is 1.24 bits per heavy atom. The number of fused-ring (bicyclic) bond motifs is 1. The fourth-order valence-corrected chi connectivity index (χ4v) is 4.38. The van der Waals surface area contributed by atoms with E-state index in [1.807, 2.05) is 0 Å². The fourth-order valence-electron chi connectivity index (χ4n) is 3.44. The van der Waals surface area contributed by atoms with Crippen molar-refractivity contribution in [1.29, 1.82) is 0 Å². The van der Waals surface area contributed by atoms with Gasteiger partial charge in [0.05, 0.1) is 6.26 Å². The molecule has 1 aromatic carbocycles. The number of hydrogen-bond donors (Lipinski definition) is 1. The number of rotatable bonds is 4. The van der Waals surface area contributed by atoms with E-state index in [2.05, 4.69) is 23.5 Å². The Bertz CT molecular complexity index is 613. The Balaban J connectivity index is 1.57. The van der Waals surface area contributed by atoms with Gasteiger partial charge in [0.1, 0.15) is 0 Å². The smallest absolute Gasteiger partial charge is 0.211 e. The summed E-state index contributed by atoms with van der Waals surface area (Å²) in [5, 5.41) is 3.49. The van der Waals surface area contributed by atoms with Crippen molar-refractivity contribution in [3.8, 4) is 0 Å². The Morgan fingerprint density at radius 3 is 2.86 bits per heavy atom. The zero-order chi connectivity index (χ0) is 14.9. The van der Waals surface area contributed by atoms with Crippen LogP contribution in [0.5, 0.6) is 0 Å². The van der Waals surface area contributed by atoms with Crippen molar-refractivity contribution in [2.45, 2.75) is 32.1 Å². The maximum atomic E-state index is 11.6. The monoisotopic (exact) mass is 308 g/mol. The molecule has 0 saturated carbocycles. The van der Waals surface area contributed by atoms with Gasteiger partial charge >= 0.3 is 0 Å². The first kappa shape index (κ1) is 14.9. The molecule has 0 amide bonds. The van der Waals surface area contributed by atoms with Gasteiger partial charge in [-0.1, -0.05) is 6.07 Å². The molecule has 0 bridgehead atoms. The quantitative estimate of drug-likeness (QED) is 0.928. The van der Waals surface area contributed by atoms with Crippen molar-refractivity contribution in [2.75, 3.05) is 31.2 Å². The van der Waals surface area contributed by atoms with Crippen molar-refractivity contribution in [1.82, 2.24) is 4.31 Å². The van der Waals surface area contributed by atoms with E-state index < -0.39 is 10.0 Å². The zero-order valence-electron chi connectivity index (χ0n) is 12.6. The molecule has 0 aromatic heterocycles. The molecule has 3 rings (SSSR count). The third kappa shape index (κ3) is 3.58. The minimum Gasteiger partial charge on any atom is -0.385 e. The summed E-state index contributed by atoms with van der Waals surface area (Å²) in [6.45, 7) is 2.18. The van der Waals surface area contributed by atoms with E-state index >= 15 is 0 Å². The van der Waals surface area contributed by atoms with Crippen LogP contribution in [0.15, 0.2) is 18.2 Å². The number of benzene rings is 1. The topological polar surface area (TPSA) is 49.4 Å². The van der Waals surface area contributed by atoms with Crippen LogP contribution in [0.25, 0.3) is 0 Å². The summed E-state index contributed by atoms with van der Waals surface area (Å²) in [4.78, 5) is 0. The second-order valence-corrected chi connectivity index (χ2v) is 8.33. The van der Waals surface area contributed by atoms with E-state index in [1.54, 1.807) is 4.31 Å².